The molecule has 2 aliphatic rings. The normalized spacial score (nSPS) is 27.5. The maximum absolute atomic E-state index is 12.1. The van der Waals surface area contributed by atoms with E-state index in [9.17, 15) is 19.0 Å². The van der Waals surface area contributed by atoms with Crippen LogP contribution in [0.5, 0.6) is 5.75 Å². The summed E-state index contributed by atoms with van der Waals surface area (Å²) in [6.07, 6.45) is 0.587. The number of aliphatic hydroxyl groups excluding tert-OH is 2. The van der Waals surface area contributed by atoms with Crippen LogP contribution in [-0.2, 0) is 11.3 Å². The molecule has 1 aromatic carbocycles. The minimum absolute atomic E-state index is 0.162. The molecule has 0 aromatic heterocycles. The van der Waals surface area contributed by atoms with Gasteiger partial charge in [-0.05, 0) is 30.5 Å². The zero-order chi connectivity index (χ0) is 17.2. The first-order valence-corrected chi connectivity index (χ1v) is 8.22. The Morgan fingerprint density at radius 2 is 1.83 bits per heavy atom. The van der Waals surface area contributed by atoms with E-state index in [2.05, 4.69) is 9.64 Å². The lowest BCUT2D eigenvalue weighted by molar-refractivity contribution is -0.188. The van der Waals surface area contributed by atoms with Crippen molar-refractivity contribution < 1.29 is 28.5 Å². The first kappa shape index (κ1) is 17.5. The van der Waals surface area contributed by atoms with Gasteiger partial charge in [0.1, 0.15) is 11.9 Å². The molecule has 0 saturated carbocycles. The Hall–Kier alpha value is -1.28. The second-order valence-corrected chi connectivity index (χ2v) is 6.63. The number of hydrogen-bond acceptors (Lipinski definition) is 5. The summed E-state index contributed by atoms with van der Waals surface area (Å²) in [4.78, 5) is 2.27. The third kappa shape index (κ3) is 4.22. The van der Waals surface area contributed by atoms with Crippen molar-refractivity contribution in [2.75, 3.05) is 19.7 Å². The number of aliphatic hydroxyl groups is 2. The first-order chi connectivity index (χ1) is 11.5. The smallest absolute Gasteiger partial charge is 0.387 e. The molecule has 7 heteroatoms. The maximum atomic E-state index is 12.1. The fourth-order valence-electron chi connectivity index (χ4n) is 3.45. The van der Waals surface area contributed by atoms with Crippen LogP contribution in [0.25, 0.3) is 0 Å². The molecule has 134 valence electrons. The number of benzene rings is 1. The fourth-order valence-corrected chi connectivity index (χ4v) is 3.45. The predicted octanol–water partition coefficient (Wildman–Crippen LogP) is 1.76. The summed E-state index contributed by atoms with van der Waals surface area (Å²) in [5.41, 5.74) is 0.706. The van der Waals surface area contributed by atoms with Gasteiger partial charge in [-0.3, -0.25) is 4.90 Å². The Morgan fingerprint density at radius 1 is 1.17 bits per heavy atom. The van der Waals surface area contributed by atoms with Gasteiger partial charge < -0.3 is 19.7 Å². The molecule has 0 aliphatic carbocycles. The number of piperidine rings is 1. The van der Waals surface area contributed by atoms with E-state index >= 15 is 0 Å². The van der Waals surface area contributed by atoms with Gasteiger partial charge in [0.05, 0.1) is 18.3 Å². The Balaban J connectivity index is 1.50. The molecular weight excluding hydrogens is 320 g/mol. The molecule has 1 spiro atoms. The largest absolute Gasteiger partial charge is 0.435 e. The molecule has 0 bridgehead atoms. The van der Waals surface area contributed by atoms with Crippen LogP contribution in [0.1, 0.15) is 24.8 Å². The van der Waals surface area contributed by atoms with Gasteiger partial charge in [-0.25, -0.2) is 0 Å². The molecule has 0 amide bonds. The van der Waals surface area contributed by atoms with Crippen molar-refractivity contribution in [1.29, 1.82) is 0 Å². The standard InChI is InChI=1S/C17H23F2NO4/c18-16(19)24-13-3-1-12(2-4-13)10-20-7-5-17(6-8-20)9-14(21)15(22)11-23-17/h1-4,14-16,21-22H,5-11H2/t14-,15+/m1/s1. The van der Waals surface area contributed by atoms with Crippen LogP contribution in [0.15, 0.2) is 24.3 Å². The Bertz CT molecular complexity index is 532. The van der Waals surface area contributed by atoms with Crippen LogP contribution in [0.3, 0.4) is 0 Å². The molecule has 2 fully saturated rings. The van der Waals surface area contributed by atoms with Gasteiger partial charge >= 0.3 is 6.61 Å². The highest BCUT2D eigenvalue weighted by atomic mass is 19.3. The van der Waals surface area contributed by atoms with E-state index in [0.29, 0.717) is 6.42 Å². The Labute approximate surface area is 139 Å². The van der Waals surface area contributed by atoms with Crippen molar-refractivity contribution >= 4 is 0 Å². The summed E-state index contributed by atoms with van der Waals surface area (Å²) >= 11 is 0. The van der Waals surface area contributed by atoms with E-state index in [1.54, 1.807) is 24.3 Å². The number of rotatable bonds is 4. The van der Waals surface area contributed by atoms with Gasteiger partial charge in [0.25, 0.3) is 0 Å². The van der Waals surface area contributed by atoms with E-state index in [4.69, 9.17) is 4.74 Å². The van der Waals surface area contributed by atoms with Crippen molar-refractivity contribution in [1.82, 2.24) is 4.90 Å². The molecule has 2 atom stereocenters. The number of nitrogens with zero attached hydrogens (tertiary/aromatic N) is 1. The number of halogens is 2. The van der Waals surface area contributed by atoms with Gasteiger partial charge in [0.15, 0.2) is 0 Å². The summed E-state index contributed by atoms with van der Waals surface area (Å²) in [5.74, 6) is 0.162. The molecule has 24 heavy (non-hydrogen) atoms. The van der Waals surface area contributed by atoms with Crippen LogP contribution in [-0.4, -0.2) is 59.2 Å². The zero-order valence-electron chi connectivity index (χ0n) is 13.4. The van der Waals surface area contributed by atoms with Gasteiger partial charge in [0.2, 0.25) is 0 Å². The number of alkyl halides is 2. The molecular formula is C17H23F2NO4. The lowest BCUT2D eigenvalue weighted by Gasteiger charge is -2.46. The van der Waals surface area contributed by atoms with E-state index in [-0.39, 0.29) is 18.0 Å². The Morgan fingerprint density at radius 3 is 2.42 bits per heavy atom. The van der Waals surface area contributed by atoms with Crippen LogP contribution in [0.2, 0.25) is 0 Å². The third-order valence-corrected chi connectivity index (χ3v) is 4.91. The van der Waals surface area contributed by atoms with Crippen molar-refractivity contribution in [2.24, 2.45) is 0 Å². The van der Waals surface area contributed by atoms with Crippen molar-refractivity contribution in [3.05, 3.63) is 29.8 Å². The van der Waals surface area contributed by atoms with Crippen molar-refractivity contribution in [3.8, 4) is 5.75 Å². The van der Waals surface area contributed by atoms with Crippen LogP contribution in [0, 0.1) is 0 Å². The van der Waals surface area contributed by atoms with Gasteiger partial charge in [0, 0.05) is 26.1 Å². The highest BCUT2D eigenvalue weighted by molar-refractivity contribution is 5.27. The number of hydrogen-bond donors (Lipinski definition) is 2. The second kappa shape index (κ2) is 7.31. The van der Waals surface area contributed by atoms with E-state index in [1.807, 2.05) is 0 Å². The van der Waals surface area contributed by atoms with Crippen LogP contribution in [0.4, 0.5) is 8.78 Å². The average Bonchev–Trinajstić information content (AvgIpc) is 2.55. The number of likely N-dealkylation sites (tertiary alicyclic amines) is 1. The minimum atomic E-state index is -2.81. The Kier molecular flexibility index (Phi) is 5.34. The molecule has 2 aliphatic heterocycles. The number of ether oxygens (including phenoxy) is 2. The molecule has 5 nitrogen and oxygen atoms in total. The second-order valence-electron chi connectivity index (χ2n) is 6.63. The average molecular weight is 343 g/mol. The topological polar surface area (TPSA) is 62.2 Å². The molecule has 0 radical (unpaired) electrons. The predicted molar refractivity (Wildman–Crippen MR) is 82.9 cm³/mol. The van der Waals surface area contributed by atoms with Crippen molar-refractivity contribution in [2.45, 2.75) is 50.2 Å². The lowest BCUT2D eigenvalue weighted by atomic mass is 9.82. The van der Waals surface area contributed by atoms with Gasteiger partial charge in [-0.1, -0.05) is 12.1 Å². The monoisotopic (exact) mass is 343 g/mol. The zero-order valence-corrected chi connectivity index (χ0v) is 13.4. The summed E-state index contributed by atoms with van der Waals surface area (Å²) in [6, 6.07) is 6.68. The molecule has 2 N–H and O–H groups in total. The van der Waals surface area contributed by atoms with Gasteiger partial charge in [-0.2, -0.15) is 8.78 Å². The maximum Gasteiger partial charge on any atom is 0.387 e. The summed E-state index contributed by atoms with van der Waals surface area (Å²) in [7, 11) is 0. The van der Waals surface area contributed by atoms with Crippen LogP contribution < -0.4 is 4.74 Å². The molecule has 3 rings (SSSR count). The van der Waals surface area contributed by atoms with Gasteiger partial charge in [-0.15, -0.1) is 0 Å². The third-order valence-electron chi connectivity index (χ3n) is 4.91. The lowest BCUT2D eigenvalue weighted by Crippen LogP contribution is -2.54. The molecule has 0 unspecified atom stereocenters. The minimum Gasteiger partial charge on any atom is -0.435 e. The molecule has 2 saturated heterocycles. The van der Waals surface area contributed by atoms with E-state index in [1.165, 1.54) is 0 Å². The molecule has 1 aromatic rings. The highest BCUT2D eigenvalue weighted by Crippen LogP contribution is 2.35. The van der Waals surface area contributed by atoms with E-state index < -0.39 is 18.8 Å². The van der Waals surface area contributed by atoms with Crippen LogP contribution >= 0.6 is 0 Å². The van der Waals surface area contributed by atoms with Crippen molar-refractivity contribution in [3.63, 3.8) is 0 Å². The quantitative estimate of drug-likeness (QED) is 0.872. The summed E-state index contributed by atoms with van der Waals surface area (Å²) < 4.78 is 34.4. The summed E-state index contributed by atoms with van der Waals surface area (Å²) in [5, 5.41) is 19.4. The first-order valence-electron chi connectivity index (χ1n) is 8.22. The SMILES string of the molecule is O[C@@H]1CC2(CCN(Cc3ccc(OC(F)F)cc3)CC2)OC[C@@H]1O. The van der Waals surface area contributed by atoms with E-state index in [0.717, 1.165) is 38.0 Å². The highest BCUT2D eigenvalue weighted by Gasteiger charge is 2.42. The fraction of sp³-hybridized carbons (Fsp3) is 0.647. The molecule has 2 heterocycles. The summed E-state index contributed by atoms with van der Waals surface area (Å²) in [6.45, 7) is -0.224.